The number of pyridine rings is 1. The van der Waals surface area contributed by atoms with Gasteiger partial charge in [0.05, 0.1) is 18.7 Å². The second-order valence-corrected chi connectivity index (χ2v) is 6.84. The van der Waals surface area contributed by atoms with Crippen LogP contribution in [0.1, 0.15) is 16.7 Å². The Kier molecular flexibility index (Phi) is 5.24. The van der Waals surface area contributed by atoms with Gasteiger partial charge in [0.2, 0.25) is 5.91 Å². The molecule has 0 spiro atoms. The fourth-order valence-corrected chi connectivity index (χ4v) is 3.25. The van der Waals surface area contributed by atoms with Crippen molar-refractivity contribution >= 4 is 11.6 Å². The molecule has 0 fully saturated rings. The summed E-state index contributed by atoms with van der Waals surface area (Å²) in [6.07, 6.45) is 3.84. The second-order valence-electron chi connectivity index (χ2n) is 6.84. The van der Waals surface area contributed by atoms with Crippen molar-refractivity contribution in [1.82, 2.24) is 4.98 Å². The first-order valence-electron chi connectivity index (χ1n) is 9.33. The highest BCUT2D eigenvalue weighted by atomic mass is 16.5. The molecule has 1 aliphatic heterocycles. The number of ether oxygens (including phenoxy) is 2. The number of hydrogen-bond acceptors (Lipinski definition) is 4. The van der Waals surface area contributed by atoms with Gasteiger partial charge in [0.25, 0.3) is 0 Å². The molecule has 0 aliphatic carbocycles. The van der Waals surface area contributed by atoms with E-state index in [0.29, 0.717) is 26.2 Å². The lowest BCUT2D eigenvalue weighted by atomic mass is 10.1. The highest BCUT2D eigenvalue weighted by Gasteiger charge is 2.23. The normalized spacial score (nSPS) is 12.8. The van der Waals surface area contributed by atoms with Crippen molar-refractivity contribution in [2.75, 3.05) is 18.1 Å². The van der Waals surface area contributed by atoms with Crippen molar-refractivity contribution in [2.24, 2.45) is 0 Å². The zero-order valence-electron chi connectivity index (χ0n) is 15.8. The number of anilines is 1. The molecular formula is C23H22N2O3. The van der Waals surface area contributed by atoms with E-state index in [2.05, 4.69) is 4.98 Å². The molecule has 28 heavy (non-hydrogen) atoms. The molecule has 2 aromatic carbocycles. The van der Waals surface area contributed by atoms with Gasteiger partial charge in [-0.3, -0.25) is 9.78 Å². The van der Waals surface area contributed by atoms with Crippen molar-refractivity contribution in [2.45, 2.75) is 20.0 Å². The van der Waals surface area contributed by atoms with Gasteiger partial charge in [0, 0.05) is 18.0 Å². The van der Waals surface area contributed by atoms with Gasteiger partial charge in [-0.1, -0.05) is 24.3 Å². The number of rotatable bonds is 5. The summed E-state index contributed by atoms with van der Waals surface area (Å²) < 4.78 is 11.6. The fourth-order valence-electron chi connectivity index (χ4n) is 3.25. The van der Waals surface area contributed by atoms with E-state index < -0.39 is 0 Å². The Morgan fingerprint density at radius 2 is 2.04 bits per heavy atom. The zero-order chi connectivity index (χ0) is 19.3. The van der Waals surface area contributed by atoms with Gasteiger partial charge in [0.15, 0.2) is 0 Å². The van der Waals surface area contributed by atoms with E-state index in [1.165, 1.54) is 0 Å². The molecule has 0 bridgehead atoms. The number of benzene rings is 2. The van der Waals surface area contributed by atoms with Crippen molar-refractivity contribution in [3.8, 4) is 11.5 Å². The second kappa shape index (κ2) is 8.13. The van der Waals surface area contributed by atoms with Gasteiger partial charge in [0.1, 0.15) is 24.7 Å². The Hall–Kier alpha value is -3.34. The predicted octanol–water partition coefficient (Wildman–Crippen LogP) is 3.94. The summed E-state index contributed by atoms with van der Waals surface area (Å²) in [6, 6.07) is 17.5. The van der Waals surface area contributed by atoms with Gasteiger partial charge in [-0.05, 0) is 48.4 Å². The lowest BCUT2D eigenvalue weighted by Gasteiger charge is -2.30. The van der Waals surface area contributed by atoms with E-state index in [4.69, 9.17) is 9.47 Å². The maximum atomic E-state index is 12.9. The molecule has 0 saturated carbocycles. The molecule has 1 aromatic heterocycles. The van der Waals surface area contributed by atoms with E-state index in [1.807, 2.05) is 61.5 Å². The molecule has 3 aromatic rings. The Balaban J connectivity index is 1.44. The van der Waals surface area contributed by atoms with Crippen LogP contribution in [-0.2, 0) is 17.8 Å². The first-order chi connectivity index (χ1) is 13.7. The van der Waals surface area contributed by atoms with Crippen LogP contribution in [0.2, 0.25) is 0 Å². The van der Waals surface area contributed by atoms with Crippen LogP contribution in [0.4, 0.5) is 5.69 Å². The van der Waals surface area contributed by atoms with E-state index in [-0.39, 0.29) is 5.91 Å². The Labute approximate surface area is 164 Å². The first kappa shape index (κ1) is 18.0. The van der Waals surface area contributed by atoms with E-state index >= 15 is 0 Å². The van der Waals surface area contributed by atoms with Gasteiger partial charge >= 0.3 is 0 Å². The summed E-state index contributed by atoms with van der Waals surface area (Å²) in [4.78, 5) is 18.8. The topological polar surface area (TPSA) is 51.7 Å². The van der Waals surface area contributed by atoms with Crippen LogP contribution in [0.3, 0.4) is 0 Å². The largest absolute Gasteiger partial charge is 0.490 e. The van der Waals surface area contributed by atoms with E-state index in [0.717, 1.165) is 33.9 Å². The standard InChI is InChI=1S/C23H22N2O3/c1-17-7-8-21-22(12-17)27-11-10-25(21)23(26)14-18-4-2-6-20(13-18)28-16-19-5-3-9-24-15-19/h2-9,12-13,15H,10-11,14,16H2,1H3. The third-order valence-electron chi connectivity index (χ3n) is 4.66. The van der Waals surface area contributed by atoms with Gasteiger partial charge in [-0.2, -0.15) is 0 Å². The van der Waals surface area contributed by atoms with Crippen molar-refractivity contribution in [3.05, 3.63) is 83.7 Å². The number of carbonyl (C=O) groups excluding carboxylic acids is 1. The molecule has 0 N–H and O–H groups in total. The average Bonchev–Trinajstić information content (AvgIpc) is 2.72. The number of aryl methyl sites for hydroxylation is 1. The van der Waals surface area contributed by atoms with Crippen LogP contribution in [0, 0.1) is 6.92 Å². The highest BCUT2D eigenvalue weighted by Crippen LogP contribution is 2.32. The van der Waals surface area contributed by atoms with Crippen LogP contribution >= 0.6 is 0 Å². The summed E-state index contributed by atoms with van der Waals surface area (Å²) in [6.45, 7) is 3.53. The van der Waals surface area contributed by atoms with Crippen LogP contribution < -0.4 is 14.4 Å². The molecule has 5 nitrogen and oxygen atoms in total. The molecule has 1 amide bonds. The van der Waals surface area contributed by atoms with E-state index in [1.54, 1.807) is 17.3 Å². The Morgan fingerprint density at radius 1 is 1.14 bits per heavy atom. The molecule has 0 unspecified atom stereocenters. The molecule has 2 heterocycles. The minimum absolute atomic E-state index is 0.0535. The lowest BCUT2D eigenvalue weighted by molar-refractivity contribution is -0.118. The van der Waals surface area contributed by atoms with Crippen molar-refractivity contribution in [1.29, 1.82) is 0 Å². The number of hydrogen-bond donors (Lipinski definition) is 0. The minimum Gasteiger partial charge on any atom is -0.490 e. The summed E-state index contributed by atoms with van der Waals surface area (Å²) >= 11 is 0. The summed E-state index contributed by atoms with van der Waals surface area (Å²) in [7, 11) is 0. The molecular weight excluding hydrogens is 352 g/mol. The lowest BCUT2D eigenvalue weighted by Crippen LogP contribution is -2.38. The SMILES string of the molecule is Cc1ccc2c(c1)OCCN2C(=O)Cc1cccc(OCc2cccnc2)c1. The molecule has 0 atom stereocenters. The molecule has 142 valence electrons. The summed E-state index contributed by atoms with van der Waals surface area (Å²) in [5, 5.41) is 0. The quantitative estimate of drug-likeness (QED) is 0.679. The monoisotopic (exact) mass is 374 g/mol. The smallest absolute Gasteiger partial charge is 0.231 e. The predicted molar refractivity (Wildman–Crippen MR) is 108 cm³/mol. The number of fused-ring (bicyclic) bond motifs is 1. The van der Waals surface area contributed by atoms with Crippen LogP contribution in [0.5, 0.6) is 11.5 Å². The van der Waals surface area contributed by atoms with Crippen LogP contribution in [-0.4, -0.2) is 24.0 Å². The summed E-state index contributed by atoms with van der Waals surface area (Å²) in [5.74, 6) is 1.57. The van der Waals surface area contributed by atoms with Crippen molar-refractivity contribution in [3.63, 3.8) is 0 Å². The van der Waals surface area contributed by atoms with Gasteiger partial charge in [-0.25, -0.2) is 0 Å². The third-order valence-corrected chi connectivity index (χ3v) is 4.66. The first-order valence-corrected chi connectivity index (χ1v) is 9.33. The molecule has 4 rings (SSSR count). The number of carbonyl (C=O) groups is 1. The summed E-state index contributed by atoms with van der Waals surface area (Å²) in [5.41, 5.74) is 3.88. The zero-order valence-corrected chi connectivity index (χ0v) is 15.8. The van der Waals surface area contributed by atoms with Crippen LogP contribution in [0.15, 0.2) is 67.0 Å². The Morgan fingerprint density at radius 3 is 2.89 bits per heavy atom. The minimum atomic E-state index is 0.0535. The average molecular weight is 374 g/mol. The number of nitrogens with zero attached hydrogens (tertiary/aromatic N) is 2. The maximum Gasteiger partial charge on any atom is 0.231 e. The number of aromatic nitrogens is 1. The molecule has 1 aliphatic rings. The van der Waals surface area contributed by atoms with E-state index in [9.17, 15) is 4.79 Å². The number of amides is 1. The van der Waals surface area contributed by atoms with Crippen LogP contribution in [0.25, 0.3) is 0 Å². The maximum absolute atomic E-state index is 12.9. The molecule has 0 saturated heterocycles. The molecule has 5 heteroatoms. The highest BCUT2D eigenvalue weighted by molar-refractivity contribution is 5.96. The Bertz CT molecular complexity index is 973. The van der Waals surface area contributed by atoms with Gasteiger partial charge < -0.3 is 14.4 Å². The third kappa shape index (κ3) is 4.14. The van der Waals surface area contributed by atoms with Gasteiger partial charge in [-0.15, -0.1) is 0 Å². The molecule has 0 radical (unpaired) electrons. The van der Waals surface area contributed by atoms with Crippen molar-refractivity contribution < 1.29 is 14.3 Å². The fraction of sp³-hybridized carbons (Fsp3) is 0.217.